The highest BCUT2D eigenvalue weighted by atomic mass is 16.4. The minimum absolute atomic E-state index is 0.0846. The average molecular weight is 270 g/mol. The minimum atomic E-state index is -0.973. The van der Waals surface area contributed by atoms with Crippen LogP contribution in [0.2, 0.25) is 0 Å². The molecule has 0 saturated heterocycles. The smallest absolute Gasteiger partial charge is 0.335 e. The molecule has 0 aromatic heterocycles. The SMILES string of the molecule is NCC(=O)Nc1cccc(-c2cccc(C(=O)O)c2)c1. The molecule has 20 heavy (non-hydrogen) atoms. The number of nitrogens with two attached hydrogens (primary N) is 1. The molecule has 4 N–H and O–H groups in total. The molecule has 102 valence electrons. The van der Waals surface area contributed by atoms with Crippen molar-refractivity contribution in [3.05, 3.63) is 54.1 Å². The summed E-state index contributed by atoms with van der Waals surface area (Å²) in [7, 11) is 0. The van der Waals surface area contributed by atoms with Crippen molar-refractivity contribution in [1.29, 1.82) is 0 Å². The first-order chi connectivity index (χ1) is 9.60. The number of nitrogens with one attached hydrogen (secondary N) is 1. The molecule has 1 amide bonds. The summed E-state index contributed by atoms with van der Waals surface area (Å²) in [6.45, 7) is -0.0846. The van der Waals surface area contributed by atoms with Crippen LogP contribution in [-0.2, 0) is 4.79 Å². The summed E-state index contributed by atoms with van der Waals surface area (Å²) in [4.78, 5) is 22.2. The van der Waals surface area contributed by atoms with Crippen LogP contribution in [-0.4, -0.2) is 23.5 Å². The predicted molar refractivity (Wildman–Crippen MR) is 76.5 cm³/mol. The van der Waals surface area contributed by atoms with E-state index in [1.165, 1.54) is 6.07 Å². The van der Waals surface area contributed by atoms with Gasteiger partial charge in [0.25, 0.3) is 0 Å². The minimum Gasteiger partial charge on any atom is -0.478 e. The van der Waals surface area contributed by atoms with Crippen molar-refractivity contribution in [2.75, 3.05) is 11.9 Å². The molecule has 0 aliphatic heterocycles. The number of carboxylic acids is 1. The fourth-order valence-electron chi connectivity index (χ4n) is 1.82. The van der Waals surface area contributed by atoms with Crippen LogP contribution in [0, 0.1) is 0 Å². The Hall–Kier alpha value is -2.66. The van der Waals surface area contributed by atoms with Gasteiger partial charge in [-0.15, -0.1) is 0 Å². The Morgan fingerprint density at radius 1 is 1.05 bits per heavy atom. The lowest BCUT2D eigenvalue weighted by atomic mass is 10.0. The Labute approximate surface area is 116 Å². The van der Waals surface area contributed by atoms with Crippen LogP contribution in [0.25, 0.3) is 11.1 Å². The van der Waals surface area contributed by atoms with Crippen LogP contribution in [0.3, 0.4) is 0 Å². The van der Waals surface area contributed by atoms with E-state index in [0.717, 1.165) is 11.1 Å². The number of anilines is 1. The van der Waals surface area contributed by atoms with Gasteiger partial charge in [0.15, 0.2) is 0 Å². The molecule has 0 heterocycles. The van der Waals surface area contributed by atoms with Gasteiger partial charge in [-0.2, -0.15) is 0 Å². The molecular weight excluding hydrogens is 256 g/mol. The Balaban J connectivity index is 2.33. The maximum Gasteiger partial charge on any atom is 0.335 e. The fraction of sp³-hybridized carbons (Fsp3) is 0.0667. The second kappa shape index (κ2) is 5.99. The first-order valence-electron chi connectivity index (χ1n) is 6.04. The summed E-state index contributed by atoms with van der Waals surface area (Å²) < 4.78 is 0. The lowest BCUT2D eigenvalue weighted by Gasteiger charge is -2.07. The van der Waals surface area contributed by atoms with Crippen LogP contribution in [0.15, 0.2) is 48.5 Å². The van der Waals surface area contributed by atoms with Gasteiger partial charge in [0.1, 0.15) is 0 Å². The largest absolute Gasteiger partial charge is 0.478 e. The molecule has 0 radical (unpaired) electrons. The highest BCUT2D eigenvalue weighted by molar-refractivity contribution is 5.93. The van der Waals surface area contributed by atoms with E-state index >= 15 is 0 Å². The second-order valence-corrected chi connectivity index (χ2v) is 4.22. The molecule has 2 rings (SSSR count). The van der Waals surface area contributed by atoms with Gasteiger partial charge in [-0.05, 0) is 35.4 Å². The summed E-state index contributed by atoms with van der Waals surface area (Å²) in [6, 6.07) is 13.8. The molecule has 0 bridgehead atoms. The van der Waals surface area contributed by atoms with Gasteiger partial charge in [0, 0.05) is 5.69 Å². The molecule has 5 heteroatoms. The van der Waals surface area contributed by atoms with Gasteiger partial charge in [-0.25, -0.2) is 4.79 Å². The van der Waals surface area contributed by atoms with Gasteiger partial charge in [0.2, 0.25) is 5.91 Å². The Kier molecular flexibility index (Phi) is 4.12. The third-order valence-electron chi connectivity index (χ3n) is 2.77. The molecule has 0 spiro atoms. The monoisotopic (exact) mass is 270 g/mol. The summed E-state index contributed by atoms with van der Waals surface area (Å²) >= 11 is 0. The third kappa shape index (κ3) is 3.21. The van der Waals surface area contributed by atoms with Crippen LogP contribution in [0.1, 0.15) is 10.4 Å². The van der Waals surface area contributed by atoms with Crippen LogP contribution in [0.5, 0.6) is 0 Å². The zero-order chi connectivity index (χ0) is 14.5. The van der Waals surface area contributed by atoms with Crippen molar-refractivity contribution in [1.82, 2.24) is 0 Å². The Morgan fingerprint density at radius 3 is 2.35 bits per heavy atom. The summed E-state index contributed by atoms with van der Waals surface area (Å²) in [5.41, 5.74) is 7.68. The topological polar surface area (TPSA) is 92.4 Å². The molecule has 0 atom stereocenters. The van der Waals surface area contributed by atoms with Crippen molar-refractivity contribution >= 4 is 17.6 Å². The van der Waals surface area contributed by atoms with Crippen LogP contribution in [0.4, 0.5) is 5.69 Å². The van der Waals surface area contributed by atoms with E-state index in [2.05, 4.69) is 5.32 Å². The predicted octanol–water partition coefficient (Wildman–Crippen LogP) is 1.95. The van der Waals surface area contributed by atoms with Crippen molar-refractivity contribution in [2.45, 2.75) is 0 Å². The third-order valence-corrected chi connectivity index (χ3v) is 2.77. The average Bonchev–Trinajstić information content (AvgIpc) is 2.47. The quantitative estimate of drug-likeness (QED) is 0.791. The summed E-state index contributed by atoms with van der Waals surface area (Å²) in [5.74, 6) is -1.25. The number of hydrogen-bond acceptors (Lipinski definition) is 3. The molecule has 2 aromatic carbocycles. The van der Waals surface area contributed by atoms with Gasteiger partial charge < -0.3 is 16.2 Å². The van der Waals surface area contributed by atoms with Crippen LogP contribution >= 0.6 is 0 Å². The number of hydrogen-bond donors (Lipinski definition) is 3. The standard InChI is InChI=1S/C15H14N2O3/c16-9-14(18)17-13-6-2-4-11(8-13)10-3-1-5-12(7-10)15(19)20/h1-8H,9,16H2,(H,17,18)(H,19,20). The van der Waals surface area contributed by atoms with Crippen molar-refractivity contribution in [3.63, 3.8) is 0 Å². The molecule has 0 saturated carbocycles. The number of rotatable bonds is 4. The molecular formula is C15H14N2O3. The van der Waals surface area contributed by atoms with Gasteiger partial charge in [0.05, 0.1) is 12.1 Å². The first-order valence-corrected chi connectivity index (χ1v) is 6.04. The highest BCUT2D eigenvalue weighted by Gasteiger charge is 2.06. The zero-order valence-electron chi connectivity index (χ0n) is 10.7. The lowest BCUT2D eigenvalue weighted by Crippen LogP contribution is -2.21. The van der Waals surface area contributed by atoms with E-state index in [0.29, 0.717) is 5.69 Å². The van der Waals surface area contributed by atoms with Crippen LogP contribution < -0.4 is 11.1 Å². The van der Waals surface area contributed by atoms with Crippen molar-refractivity contribution in [2.24, 2.45) is 5.73 Å². The number of aromatic carboxylic acids is 1. The number of carbonyl (C=O) groups excluding carboxylic acids is 1. The normalized spacial score (nSPS) is 10.1. The van der Waals surface area contributed by atoms with E-state index < -0.39 is 5.97 Å². The molecule has 0 aliphatic carbocycles. The van der Waals surface area contributed by atoms with Crippen molar-refractivity contribution < 1.29 is 14.7 Å². The Bertz CT molecular complexity index is 653. The maximum absolute atomic E-state index is 11.3. The number of amides is 1. The molecule has 0 unspecified atom stereocenters. The summed E-state index contributed by atoms with van der Waals surface area (Å²) in [5, 5.41) is 11.6. The molecule has 0 fully saturated rings. The van der Waals surface area contributed by atoms with Gasteiger partial charge >= 0.3 is 5.97 Å². The van der Waals surface area contributed by atoms with E-state index in [4.69, 9.17) is 10.8 Å². The number of carbonyl (C=O) groups is 2. The second-order valence-electron chi connectivity index (χ2n) is 4.22. The van der Waals surface area contributed by atoms with Crippen molar-refractivity contribution in [3.8, 4) is 11.1 Å². The maximum atomic E-state index is 11.3. The highest BCUT2D eigenvalue weighted by Crippen LogP contribution is 2.23. The van der Waals surface area contributed by atoms with E-state index in [9.17, 15) is 9.59 Å². The Morgan fingerprint density at radius 2 is 1.70 bits per heavy atom. The number of benzene rings is 2. The van der Waals surface area contributed by atoms with E-state index in [1.54, 1.807) is 30.3 Å². The first kappa shape index (κ1) is 13.8. The van der Waals surface area contributed by atoms with E-state index in [-0.39, 0.29) is 18.0 Å². The molecule has 5 nitrogen and oxygen atoms in total. The van der Waals surface area contributed by atoms with Gasteiger partial charge in [-0.1, -0.05) is 24.3 Å². The lowest BCUT2D eigenvalue weighted by molar-refractivity contribution is -0.114. The summed E-state index contributed by atoms with van der Waals surface area (Å²) in [6.07, 6.45) is 0. The zero-order valence-corrected chi connectivity index (χ0v) is 10.7. The fourth-order valence-corrected chi connectivity index (χ4v) is 1.82. The van der Waals surface area contributed by atoms with Gasteiger partial charge in [-0.3, -0.25) is 4.79 Å². The number of carboxylic acid groups (broad SMARTS) is 1. The molecule has 2 aromatic rings. The van der Waals surface area contributed by atoms with E-state index in [1.807, 2.05) is 12.1 Å². The molecule has 0 aliphatic rings.